The lowest BCUT2D eigenvalue weighted by Crippen LogP contribution is -2.22. The molecule has 3 aromatic carbocycles. The van der Waals surface area contributed by atoms with Crippen molar-refractivity contribution >= 4 is 39.5 Å². The molecule has 3 aromatic rings. The van der Waals surface area contributed by atoms with Crippen LogP contribution >= 0.6 is 0 Å². The summed E-state index contributed by atoms with van der Waals surface area (Å²) in [4.78, 5) is 0. The Morgan fingerprint density at radius 1 is 0.809 bits per heavy atom. The van der Waals surface area contributed by atoms with E-state index in [4.69, 9.17) is 17.2 Å². The lowest BCUT2D eigenvalue weighted by Gasteiger charge is -2.34. The maximum atomic E-state index is 6.24. The number of benzene rings is 3. The Hall–Kier alpha value is -3.98. The zero-order valence-corrected chi connectivity index (χ0v) is 32.3. The van der Waals surface area contributed by atoms with Crippen LogP contribution in [-0.2, 0) is 5.41 Å². The van der Waals surface area contributed by atoms with E-state index in [-0.39, 0.29) is 10.8 Å². The summed E-state index contributed by atoms with van der Waals surface area (Å²) in [7, 11) is 0. The van der Waals surface area contributed by atoms with Gasteiger partial charge in [-0.25, -0.2) is 0 Å². The maximum absolute atomic E-state index is 6.24. The summed E-state index contributed by atoms with van der Waals surface area (Å²) in [5.74, 6) is 0.369. The fourth-order valence-corrected chi connectivity index (χ4v) is 5.70. The van der Waals surface area contributed by atoms with Crippen LogP contribution in [-0.4, -0.2) is 0 Å². The minimum atomic E-state index is -0.0301. The van der Waals surface area contributed by atoms with Crippen molar-refractivity contribution in [2.45, 2.75) is 109 Å². The molecule has 0 amide bonds. The van der Waals surface area contributed by atoms with Gasteiger partial charge in [-0.3, -0.25) is 0 Å². The van der Waals surface area contributed by atoms with Gasteiger partial charge in [0.1, 0.15) is 0 Å². The summed E-state index contributed by atoms with van der Waals surface area (Å²) < 4.78 is 0. The van der Waals surface area contributed by atoms with Crippen LogP contribution in [0.25, 0.3) is 22.4 Å². The maximum Gasteiger partial charge on any atom is 0.0414 e. The Kier molecular flexibility index (Phi) is 18.6. The molecule has 0 bridgehead atoms. The highest BCUT2D eigenvalue weighted by Crippen LogP contribution is 2.44. The molecule has 0 aliphatic rings. The van der Waals surface area contributed by atoms with E-state index in [2.05, 4.69) is 125 Å². The summed E-state index contributed by atoms with van der Waals surface area (Å²) in [5.41, 5.74) is 27.8. The van der Waals surface area contributed by atoms with Crippen LogP contribution in [0.15, 0.2) is 85.5 Å². The molecule has 0 aliphatic heterocycles. The lowest BCUT2D eigenvalue weighted by molar-refractivity contribution is 0.385. The Morgan fingerprint density at radius 3 is 1.89 bits per heavy atom. The van der Waals surface area contributed by atoms with Crippen LogP contribution in [0.4, 0.5) is 17.1 Å². The molecule has 3 heteroatoms. The molecule has 6 N–H and O–H groups in total. The highest BCUT2D eigenvalue weighted by molar-refractivity contribution is 5.98. The second-order valence-corrected chi connectivity index (χ2v) is 13.4. The van der Waals surface area contributed by atoms with E-state index in [0.29, 0.717) is 5.92 Å². The molecule has 258 valence electrons. The third-order valence-electron chi connectivity index (χ3n) is 8.05. The fraction of sp³-hybridized carbons (Fsp3) is 0.409. The van der Waals surface area contributed by atoms with Gasteiger partial charge >= 0.3 is 0 Å². The van der Waals surface area contributed by atoms with Crippen LogP contribution in [0, 0.1) is 25.2 Å². The first-order chi connectivity index (χ1) is 22.0. The van der Waals surface area contributed by atoms with Crippen molar-refractivity contribution < 1.29 is 0 Å². The van der Waals surface area contributed by atoms with Gasteiger partial charge in [-0.05, 0) is 95.9 Å². The zero-order chi connectivity index (χ0) is 36.5. The molecular formula is C44H67N3. The van der Waals surface area contributed by atoms with E-state index in [0.717, 1.165) is 28.0 Å². The molecule has 0 fully saturated rings. The van der Waals surface area contributed by atoms with Gasteiger partial charge in [0.25, 0.3) is 0 Å². The number of allylic oxidation sites excluding steroid dienone is 8. The monoisotopic (exact) mass is 638 g/mol. The standard InChI is InChI=1S/C24H33N.C15H20N2.C3H8.C2H6/c1-8-11-12-13-14-15-19(5)24(6,7)22(10-3)21-16-18(4)17-23(25)20(21)9-2;1-9-5-6-11-12(14(9)15(2,3)4)7-10(16)8-13(11)17;1-3-2;1-2/h8-17,19H,2,25H2,1,3-7H3;5-8H,16-17H2,1-4H3;3H2,1-2H3;1-2H3/b11-8+,13-12+,15-14+,22-10+;;;. The molecule has 0 heterocycles. The van der Waals surface area contributed by atoms with Gasteiger partial charge in [-0.2, -0.15) is 0 Å². The quantitative estimate of drug-likeness (QED) is 0.178. The molecule has 0 aromatic heterocycles. The first-order valence-electron chi connectivity index (χ1n) is 17.3. The summed E-state index contributed by atoms with van der Waals surface area (Å²) >= 11 is 0. The molecule has 0 radical (unpaired) electrons. The predicted molar refractivity (Wildman–Crippen MR) is 219 cm³/mol. The summed E-state index contributed by atoms with van der Waals surface area (Å²) in [6.07, 6.45) is 17.9. The number of nitrogen functional groups attached to an aromatic ring is 3. The fourth-order valence-electron chi connectivity index (χ4n) is 5.70. The highest BCUT2D eigenvalue weighted by atomic mass is 14.6. The molecule has 47 heavy (non-hydrogen) atoms. The lowest BCUT2D eigenvalue weighted by atomic mass is 9.70. The molecule has 1 unspecified atom stereocenters. The Balaban J connectivity index is 0.000000830. The first-order valence-corrected chi connectivity index (χ1v) is 17.3. The second-order valence-electron chi connectivity index (χ2n) is 13.4. The molecule has 3 nitrogen and oxygen atoms in total. The van der Waals surface area contributed by atoms with E-state index in [9.17, 15) is 0 Å². The van der Waals surface area contributed by atoms with Gasteiger partial charge in [-0.15, -0.1) is 0 Å². The molecule has 1 atom stereocenters. The Labute approximate surface area is 289 Å². The Bertz CT molecular complexity index is 1540. The van der Waals surface area contributed by atoms with Crippen molar-refractivity contribution in [2.75, 3.05) is 17.2 Å². The SMILES string of the molecule is C=Cc1c(N)cc(C)cc1/C(=C\C)C(C)(C)C(C)/C=C/C=C/C=C/C.CC.CCC.Cc1ccc2c(N)cc(N)cc2c1C(C)(C)C. The van der Waals surface area contributed by atoms with Crippen LogP contribution in [0.2, 0.25) is 0 Å². The van der Waals surface area contributed by atoms with E-state index in [1.165, 1.54) is 39.6 Å². The number of rotatable bonds is 7. The molecule has 0 aliphatic carbocycles. The molecule has 3 rings (SSSR count). The van der Waals surface area contributed by atoms with E-state index in [1.54, 1.807) is 0 Å². The number of aryl methyl sites for hydroxylation is 2. The van der Waals surface area contributed by atoms with E-state index >= 15 is 0 Å². The number of hydrogen-bond donors (Lipinski definition) is 3. The zero-order valence-electron chi connectivity index (χ0n) is 32.3. The summed E-state index contributed by atoms with van der Waals surface area (Å²) in [5, 5.41) is 2.27. The van der Waals surface area contributed by atoms with Gasteiger partial charge < -0.3 is 17.2 Å². The molecular weight excluding hydrogens is 571 g/mol. The van der Waals surface area contributed by atoms with E-state index in [1.807, 2.05) is 63.3 Å². The minimum Gasteiger partial charge on any atom is -0.399 e. The van der Waals surface area contributed by atoms with Crippen LogP contribution in [0.1, 0.15) is 117 Å². The van der Waals surface area contributed by atoms with Crippen LogP contribution < -0.4 is 17.2 Å². The second kappa shape index (κ2) is 20.3. The number of hydrogen-bond acceptors (Lipinski definition) is 3. The number of fused-ring (bicyclic) bond motifs is 1. The van der Waals surface area contributed by atoms with Crippen LogP contribution in [0.5, 0.6) is 0 Å². The number of nitrogens with two attached hydrogens (primary N) is 3. The van der Waals surface area contributed by atoms with Gasteiger partial charge in [0.15, 0.2) is 0 Å². The van der Waals surface area contributed by atoms with Crippen molar-refractivity contribution in [3.8, 4) is 0 Å². The van der Waals surface area contributed by atoms with Crippen molar-refractivity contribution in [1.29, 1.82) is 0 Å². The minimum absolute atomic E-state index is 0.0301. The highest BCUT2D eigenvalue weighted by Gasteiger charge is 2.30. The predicted octanol–water partition coefficient (Wildman–Crippen LogP) is 13.0. The van der Waals surface area contributed by atoms with Crippen molar-refractivity contribution in [2.24, 2.45) is 11.3 Å². The van der Waals surface area contributed by atoms with Crippen molar-refractivity contribution in [3.63, 3.8) is 0 Å². The third kappa shape index (κ3) is 12.3. The van der Waals surface area contributed by atoms with Gasteiger partial charge in [0.05, 0.1) is 0 Å². The van der Waals surface area contributed by atoms with Gasteiger partial charge in [0.2, 0.25) is 0 Å². The molecule has 0 saturated carbocycles. The van der Waals surface area contributed by atoms with Crippen molar-refractivity contribution in [1.82, 2.24) is 0 Å². The smallest absolute Gasteiger partial charge is 0.0414 e. The topological polar surface area (TPSA) is 78.1 Å². The first kappa shape index (κ1) is 43.0. The van der Waals surface area contributed by atoms with Crippen molar-refractivity contribution in [3.05, 3.63) is 113 Å². The van der Waals surface area contributed by atoms with Gasteiger partial charge in [0, 0.05) is 28.0 Å². The molecule has 0 saturated heterocycles. The normalized spacial score (nSPS) is 12.7. The van der Waals surface area contributed by atoms with Crippen LogP contribution in [0.3, 0.4) is 0 Å². The molecule has 0 spiro atoms. The summed E-state index contributed by atoms with van der Waals surface area (Å²) in [6.45, 7) is 34.0. The third-order valence-corrected chi connectivity index (χ3v) is 8.05. The average molecular weight is 638 g/mol. The largest absolute Gasteiger partial charge is 0.399 e. The summed E-state index contributed by atoms with van der Waals surface area (Å²) in [6, 6.07) is 12.3. The number of anilines is 3. The van der Waals surface area contributed by atoms with Gasteiger partial charge in [-0.1, -0.05) is 149 Å². The Morgan fingerprint density at radius 2 is 1.38 bits per heavy atom. The average Bonchev–Trinajstić information content (AvgIpc) is 2.97. The van der Waals surface area contributed by atoms with E-state index < -0.39 is 0 Å².